The predicted molar refractivity (Wildman–Crippen MR) is 95.5 cm³/mol. The Bertz CT molecular complexity index is 1070. The highest BCUT2D eigenvalue weighted by atomic mass is 16.3. The number of carbonyl (C=O) groups excluding carboxylic acids is 1. The van der Waals surface area contributed by atoms with Gasteiger partial charge in [0.1, 0.15) is 12.0 Å². The van der Waals surface area contributed by atoms with Gasteiger partial charge in [0.2, 0.25) is 5.43 Å². The first-order valence-electron chi connectivity index (χ1n) is 7.64. The van der Waals surface area contributed by atoms with Crippen LogP contribution in [0.25, 0.3) is 27.8 Å². The first kappa shape index (κ1) is 16.4. The summed E-state index contributed by atoms with van der Waals surface area (Å²) in [5.74, 6) is -0.226. The number of benzene rings is 1. The topological polar surface area (TPSA) is 85.3 Å². The van der Waals surface area contributed by atoms with Crippen molar-refractivity contribution in [2.24, 2.45) is 0 Å². The molecule has 3 aromatic rings. The summed E-state index contributed by atoms with van der Waals surface area (Å²) in [5, 5.41) is 14.2. The summed E-state index contributed by atoms with van der Waals surface area (Å²) in [5.41, 5.74) is 1.56. The molecule has 0 aliphatic carbocycles. The van der Waals surface area contributed by atoms with Crippen LogP contribution in [0.2, 0.25) is 0 Å². The van der Waals surface area contributed by atoms with Crippen LogP contribution in [0.5, 0.6) is 5.75 Å². The van der Waals surface area contributed by atoms with Crippen molar-refractivity contribution in [2.75, 3.05) is 0 Å². The second-order valence-corrected chi connectivity index (χ2v) is 5.48. The zero-order valence-electron chi connectivity index (χ0n) is 13.8. The van der Waals surface area contributed by atoms with Gasteiger partial charge in [0.15, 0.2) is 11.9 Å². The van der Waals surface area contributed by atoms with Crippen molar-refractivity contribution in [1.82, 2.24) is 9.78 Å². The first-order valence-corrected chi connectivity index (χ1v) is 7.64. The van der Waals surface area contributed by atoms with E-state index in [1.54, 1.807) is 17.1 Å². The molecule has 3 rings (SSSR count). The van der Waals surface area contributed by atoms with Crippen LogP contribution in [0.1, 0.15) is 24.2 Å². The average molecular weight is 336 g/mol. The number of fused-ring (bicyclic) bond motifs is 1. The van der Waals surface area contributed by atoms with Crippen LogP contribution < -0.4 is 5.43 Å². The maximum atomic E-state index is 12.7. The summed E-state index contributed by atoms with van der Waals surface area (Å²) in [7, 11) is 0. The summed E-state index contributed by atoms with van der Waals surface area (Å²) < 4.78 is 7.12. The molecule has 6 nitrogen and oxygen atoms in total. The molecule has 0 saturated heterocycles. The number of hydrogen-bond acceptors (Lipinski definition) is 5. The molecule has 0 aliphatic rings. The average Bonchev–Trinajstić information content (AvgIpc) is 3.09. The van der Waals surface area contributed by atoms with Crippen molar-refractivity contribution in [2.45, 2.75) is 13.8 Å². The van der Waals surface area contributed by atoms with Gasteiger partial charge in [0.05, 0.1) is 22.7 Å². The fourth-order valence-electron chi connectivity index (χ4n) is 2.49. The largest absolute Gasteiger partial charge is 0.507 e. The van der Waals surface area contributed by atoms with E-state index in [2.05, 4.69) is 5.10 Å². The Morgan fingerprint density at radius 3 is 2.88 bits per heavy atom. The fourth-order valence-corrected chi connectivity index (χ4v) is 2.49. The summed E-state index contributed by atoms with van der Waals surface area (Å²) in [6, 6.07) is 2.74. The van der Waals surface area contributed by atoms with Gasteiger partial charge in [-0.15, -0.1) is 0 Å². The Morgan fingerprint density at radius 1 is 1.36 bits per heavy atom. The molecule has 0 atom stereocenters. The number of aromatic nitrogens is 2. The van der Waals surface area contributed by atoms with Gasteiger partial charge in [-0.2, -0.15) is 5.10 Å². The highest BCUT2D eigenvalue weighted by Crippen LogP contribution is 2.26. The molecule has 0 spiro atoms. The van der Waals surface area contributed by atoms with Gasteiger partial charge in [-0.25, -0.2) is 4.68 Å². The molecule has 1 aromatic carbocycles. The van der Waals surface area contributed by atoms with Gasteiger partial charge in [0.25, 0.3) is 0 Å². The number of carbonyl (C=O) groups is 1. The van der Waals surface area contributed by atoms with E-state index in [0.717, 1.165) is 5.70 Å². The Kier molecular flexibility index (Phi) is 4.35. The zero-order chi connectivity index (χ0) is 18.0. The van der Waals surface area contributed by atoms with Crippen LogP contribution in [0.4, 0.5) is 0 Å². The van der Waals surface area contributed by atoms with Crippen molar-refractivity contribution in [1.29, 1.82) is 0 Å². The Balaban J connectivity index is 2.13. The highest BCUT2D eigenvalue weighted by molar-refractivity contribution is 5.98. The van der Waals surface area contributed by atoms with Crippen LogP contribution >= 0.6 is 0 Å². The SMILES string of the molecule is C/C=C\C=C(/C)n1cc(-c2coc3c(C=O)c(O)ccc3c2=O)cn1. The monoisotopic (exact) mass is 336 g/mol. The summed E-state index contributed by atoms with van der Waals surface area (Å²) >= 11 is 0. The Hall–Kier alpha value is -3.41. The van der Waals surface area contributed by atoms with Crippen LogP contribution in [0.3, 0.4) is 0 Å². The lowest BCUT2D eigenvalue weighted by molar-refractivity contribution is 0.112. The minimum absolute atomic E-state index is 0.0398. The van der Waals surface area contributed by atoms with E-state index >= 15 is 0 Å². The number of rotatable bonds is 4. The molecule has 0 aliphatic heterocycles. The fraction of sp³-hybridized carbons (Fsp3) is 0.105. The highest BCUT2D eigenvalue weighted by Gasteiger charge is 2.15. The summed E-state index contributed by atoms with van der Waals surface area (Å²) in [6.07, 6.45) is 10.8. The quantitative estimate of drug-likeness (QED) is 0.581. The molecular formula is C19H16N2O4. The third-order valence-electron chi connectivity index (χ3n) is 3.86. The van der Waals surface area contributed by atoms with E-state index in [1.807, 2.05) is 32.1 Å². The van der Waals surface area contributed by atoms with Crippen LogP contribution in [0, 0.1) is 0 Å². The third-order valence-corrected chi connectivity index (χ3v) is 3.86. The standard InChI is InChI=1S/C19H16N2O4/c1-3-4-5-12(2)21-9-13(8-20-21)16-11-25-19-14(18(16)24)6-7-17(23)15(19)10-22/h3-11,23H,1-2H3/b4-3-,12-5+. The molecular weight excluding hydrogens is 320 g/mol. The molecule has 0 fully saturated rings. The Labute approximate surface area is 143 Å². The number of phenols is 1. The van der Waals surface area contributed by atoms with Crippen molar-refractivity contribution in [3.8, 4) is 16.9 Å². The van der Waals surface area contributed by atoms with Crippen molar-refractivity contribution < 1.29 is 14.3 Å². The molecule has 2 aromatic heterocycles. The van der Waals surface area contributed by atoms with E-state index in [1.165, 1.54) is 18.4 Å². The van der Waals surface area contributed by atoms with E-state index in [9.17, 15) is 14.7 Å². The van der Waals surface area contributed by atoms with Gasteiger partial charge >= 0.3 is 0 Å². The molecule has 0 saturated carbocycles. The normalized spacial score (nSPS) is 12.2. The molecule has 0 bridgehead atoms. The third kappa shape index (κ3) is 2.89. The molecule has 126 valence electrons. The molecule has 0 unspecified atom stereocenters. The lowest BCUT2D eigenvalue weighted by Gasteiger charge is -2.04. The molecule has 25 heavy (non-hydrogen) atoms. The lowest BCUT2D eigenvalue weighted by atomic mass is 10.1. The van der Waals surface area contributed by atoms with E-state index < -0.39 is 0 Å². The maximum absolute atomic E-state index is 12.7. The number of nitrogens with zero attached hydrogens (tertiary/aromatic N) is 2. The summed E-state index contributed by atoms with van der Waals surface area (Å²) in [4.78, 5) is 23.9. The van der Waals surface area contributed by atoms with Gasteiger partial charge in [-0.1, -0.05) is 12.2 Å². The second-order valence-electron chi connectivity index (χ2n) is 5.48. The Morgan fingerprint density at radius 2 is 2.16 bits per heavy atom. The van der Waals surface area contributed by atoms with Crippen molar-refractivity contribution >= 4 is 23.0 Å². The molecule has 0 amide bonds. The van der Waals surface area contributed by atoms with Gasteiger partial charge < -0.3 is 9.52 Å². The van der Waals surface area contributed by atoms with E-state index in [4.69, 9.17) is 4.42 Å². The van der Waals surface area contributed by atoms with E-state index in [0.29, 0.717) is 17.4 Å². The number of hydrogen-bond donors (Lipinski definition) is 1. The smallest absolute Gasteiger partial charge is 0.200 e. The zero-order valence-corrected chi connectivity index (χ0v) is 13.8. The van der Waals surface area contributed by atoms with Gasteiger partial charge in [-0.05, 0) is 32.1 Å². The molecule has 2 heterocycles. The van der Waals surface area contributed by atoms with Crippen LogP contribution in [-0.2, 0) is 0 Å². The number of aromatic hydroxyl groups is 1. The maximum Gasteiger partial charge on any atom is 0.200 e. The summed E-state index contributed by atoms with van der Waals surface area (Å²) in [6.45, 7) is 3.82. The molecule has 1 N–H and O–H groups in total. The van der Waals surface area contributed by atoms with Crippen LogP contribution in [0.15, 0.2) is 58.2 Å². The van der Waals surface area contributed by atoms with Crippen molar-refractivity contribution in [3.05, 3.63) is 64.8 Å². The second kappa shape index (κ2) is 6.60. The van der Waals surface area contributed by atoms with E-state index in [-0.39, 0.29) is 27.7 Å². The predicted octanol–water partition coefficient (Wildman–Crippen LogP) is 3.61. The van der Waals surface area contributed by atoms with Crippen LogP contribution in [-0.4, -0.2) is 21.2 Å². The number of phenolic OH excluding ortho intramolecular Hbond substituents is 1. The first-order chi connectivity index (χ1) is 12.1. The molecule has 6 heteroatoms. The minimum atomic E-state index is -0.293. The lowest BCUT2D eigenvalue weighted by Crippen LogP contribution is -2.05. The van der Waals surface area contributed by atoms with Crippen molar-refractivity contribution in [3.63, 3.8) is 0 Å². The van der Waals surface area contributed by atoms with Gasteiger partial charge in [0, 0.05) is 17.5 Å². The number of allylic oxidation sites excluding steroid dienone is 4. The molecule has 0 radical (unpaired) electrons. The minimum Gasteiger partial charge on any atom is -0.507 e. The van der Waals surface area contributed by atoms with Gasteiger partial charge in [-0.3, -0.25) is 9.59 Å². The number of aldehydes is 1.